The molecule has 2 rings (SSSR count). The van der Waals surface area contributed by atoms with Crippen LogP contribution in [0.15, 0.2) is 36.4 Å². The minimum absolute atomic E-state index is 0.0705. The zero-order valence-corrected chi connectivity index (χ0v) is 11.8. The topological polar surface area (TPSA) is 66.9 Å². The van der Waals surface area contributed by atoms with Gasteiger partial charge in [-0.2, -0.15) is 0 Å². The molecule has 2 N–H and O–H groups in total. The summed E-state index contributed by atoms with van der Waals surface area (Å²) in [5.74, 6) is 0.946. The number of aromatic nitrogens is 2. The first kappa shape index (κ1) is 14.0. The van der Waals surface area contributed by atoms with E-state index in [-0.39, 0.29) is 11.8 Å². The van der Waals surface area contributed by atoms with Crippen LogP contribution in [0, 0.1) is 12.8 Å². The first-order valence-corrected chi connectivity index (χ1v) is 6.53. The molecule has 1 heterocycles. The number of hydrogen-bond donors (Lipinski definition) is 2. The van der Waals surface area contributed by atoms with Gasteiger partial charge < -0.3 is 10.6 Å². The molecular formula is C15H18N4O. The fourth-order valence-corrected chi connectivity index (χ4v) is 1.59. The highest BCUT2D eigenvalue weighted by atomic mass is 16.1. The molecule has 0 aliphatic heterocycles. The van der Waals surface area contributed by atoms with Crippen molar-refractivity contribution in [1.82, 2.24) is 10.2 Å². The van der Waals surface area contributed by atoms with Gasteiger partial charge in [0.05, 0.1) is 0 Å². The largest absolute Gasteiger partial charge is 0.339 e. The maximum Gasteiger partial charge on any atom is 0.228 e. The third-order valence-electron chi connectivity index (χ3n) is 2.85. The maximum atomic E-state index is 11.5. The first-order chi connectivity index (χ1) is 9.56. The third kappa shape index (κ3) is 3.54. The molecule has 104 valence electrons. The standard InChI is InChI=1S/C15H18N4O/c1-10(2)15(20)17-14-9-8-13(18-19-14)16-12-7-5-4-6-11(12)3/h4-10H,1-3H3,(H,16,18)(H,17,19,20). The van der Waals surface area contributed by atoms with Crippen molar-refractivity contribution < 1.29 is 4.79 Å². The molecule has 0 fully saturated rings. The molecule has 5 heteroatoms. The summed E-state index contributed by atoms with van der Waals surface area (Å²) in [5, 5.41) is 13.9. The molecule has 0 atom stereocenters. The van der Waals surface area contributed by atoms with Gasteiger partial charge in [-0.15, -0.1) is 10.2 Å². The molecule has 0 spiro atoms. The highest BCUT2D eigenvalue weighted by Crippen LogP contribution is 2.18. The van der Waals surface area contributed by atoms with E-state index in [2.05, 4.69) is 20.8 Å². The predicted molar refractivity (Wildman–Crippen MR) is 80.0 cm³/mol. The number of benzene rings is 1. The van der Waals surface area contributed by atoms with E-state index in [1.807, 2.05) is 45.0 Å². The Hall–Kier alpha value is -2.43. The molecular weight excluding hydrogens is 252 g/mol. The molecule has 0 saturated heterocycles. The van der Waals surface area contributed by atoms with Gasteiger partial charge in [0.15, 0.2) is 11.6 Å². The Labute approximate surface area is 118 Å². The molecule has 0 aliphatic carbocycles. The van der Waals surface area contributed by atoms with E-state index in [4.69, 9.17) is 0 Å². The van der Waals surface area contributed by atoms with Crippen molar-refractivity contribution in [2.24, 2.45) is 5.92 Å². The van der Waals surface area contributed by atoms with E-state index in [0.29, 0.717) is 11.6 Å². The summed E-state index contributed by atoms with van der Waals surface area (Å²) >= 11 is 0. The molecule has 0 bridgehead atoms. The van der Waals surface area contributed by atoms with Crippen molar-refractivity contribution in [2.75, 3.05) is 10.6 Å². The number of rotatable bonds is 4. The van der Waals surface area contributed by atoms with Gasteiger partial charge in [0.1, 0.15) is 0 Å². The first-order valence-electron chi connectivity index (χ1n) is 6.53. The van der Waals surface area contributed by atoms with E-state index >= 15 is 0 Å². The summed E-state index contributed by atoms with van der Waals surface area (Å²) in [7, 11) is 0. The number of aryl methyl sites for hydroxylation is 1. The summed E-state index contributed by atoms with van der Waals surface area (Å²) in [5.41, 5.74) is 2.12. The number of para-hydroxylation sites is 1. The lowest BCUT2D eigenvalue weighted by Gasteiger charge is -2.09. The average Bonchev–Trinajstić information content (AvgIpc) is 2.43. The summed E-state index contributed by atoms with van der Waals surface area (Å²) < 4.78 is 0. The minimum Gasteiger partial charge on any atom is -0.339 e. The second-order valence-electron chi connectivity index (χ2n) is 4.89. The lowest BCUT2D eigenvalue weighted by atomic mass is 10.2. The van der Waals surface area contributed by atoms with Crippen molar-refractivity contribution in [3.8, 4) is 0 Å². The highest BCUT2D eigenvalue weighted by Gasteiger charge is 2.08. The van der Waals surface area contributed by atoms with Gasteiger partial charge in [0.2, 0.25) is 5.91 Å². The third-order valence-corrected chi connectivity index (χ3v) is 2.85. The molecule has 0 radical (unpaired) electrons. The van der Waals surface area contributed by atoms with Gasteiger partial charge >= 0.3 is 0 Å². The summed E-state index contributed by atoms with van der Waals surface area (Å²) in [6.07, 6.45) is 0. The smallest absolute Gasteiger partial charge is 0.228 e. The van der Waals surface area contributed by atoms with Crippen LogP contribution >= 0.6 is 0 Å². The van der Waals surface area contributed by atoms with Crippen LogP contribution in [-0.2, 0) is 4.79 Å². The summed E-state index contributed by atoms with van der Waals surface area (Å²) in [6, 6.07) is 11.5. The fraction of sp³-hybridized carbons (Fsp3) is 0.267. The number of carbonyl (C=O) groups is 1. The Kier molecular flexibility index (Phi) is 4.30. The van der Waals surface area contributed by atoms with Crippen molar-refractivity contribution in [3.05, 3.63) is 42.0 Å². The van der Waals surface area contributed by atoms with Crippen LogP contribution in [0.5, 0.6) is 0 Å². The van der Waals surface area contributed by atoms with Crippen LogP contribution in [0.2, 0.25) is 0 Å². The zero-order valence-electron chi connectivity index (χ0n) is 11.8. The van der Waals surface area contributed by atoms with Crippen molar-refractivity contribution in [3.63, 3.8) is 0 Å². The molecule has 1 aromatic carbocycles. The van der Waals surface area contributed by atoms with E-state index in [1.54, 1.807) is 12.1 Å². The maximum absolute atomic E-state index is 11.5. The second kappa shape index (κ2) is 6.14. The number of nitrogens with one attached hydrogen (secondary N) is 2. The molecule has 2 aromatic rings. The van der Waals surface area contributed by atoms with Crippen LogP contribution < -0.4 is 10.6 Å². The van der Waals surface area contributed by atoms with Crippen LogP contribution in [0.25, 0.3) is 0 Å². The number of carbonyl (C=O) groups excluding carboxylic acids is 1. The van der Waals surface area contributed by atoms with Crippen molar-refractivity contribution in [1.29, 1.82) is 0 Å². The zero-order chi connectivity index (χ0) is 14.5. The number of hydrogen-bond acceptors (Lipinski definition) is 4. The molecule has 0 saturated carbocycles. The lowest BCUT2D eigenvalue weighted by Crippen LogP contribution is -2.18. The van der Waals surface area contributed by atoms with Gasteiger partial charge in [-0.05, 0) is 30.7 Å². The molecule has 20 heavy (non-hydrogen) atoms. The lowest BCUT2D eigenvalue weighted by molar-refractivity contribution is -0.118. The Morgan fingerprint density at radius 2 is 1.70 bits per heavy atom. The summed E-state index contributed by atoms with van der Waals surface area (Å²) in [6.45, 7) is 5.68. The van der Waals surface area contributed by atoms with Gasteiger partial charge in [-0.3, -0.25) is 4.79 Å². The van der Waals surface area contributed by atoms with E-state index in [9.17, 15) is 4.79 Å². The predicted octanol–water partition coefficient (Wildman–Crippen LogP) is 3.12. The van der Waals surface area contributed by atoms with E-state index in [1.165, 1.54) is 0 Å². The van der Waals surface area contributed by atoms with E-state index < -0.39 is 0 Å². The Bertz CT molecular complexity index is 593. The average molecular weight is 270 g/mol. The number of anilines is 3. The Morgan fingerprint density at radius 1 is 1.05 bits per heavy atom. The monoisotopic (exact) mass is 270 g/mol. The van der Waals surface area contributed by atoms with Gasteiger partial charge in [0, 0.05) is 11.6 Å². The normalized spacial score (nSPS) is 10.4. The fourth-order valence-electron chi connectivity index (χ4n) is 1.59. The SMILES string of the molecule is Cc1ccccc1Nc1ccc(NC(=O)C(C)C)nn1. The molecule has 0 unspecified atom stereocenters. The molecule has 5 nitrogen and oxygen atoms in total. The quantitative estimate of drug-likeness (QED) is 0.895. The van der Waals surface area contributed by atoms with Crippen LogP contribution in [0.4, 0.5) is 17.3 Å². The summed E-state index contributed by atoms with van der Waals surface area (Å²) in [4.78, 5) is 11.5. The van der Waals surface area contributed by atoms with Crippen LogP contribution in [0.1, 0.15) is 19.4 Å². The Balaban J connectivity index is 2.05. The van der Waals surface area contributed by atoms with Crippen molar-refractivity contribution in [2.45, 2.75) is 20.8 Å². The van der Waals surface area contributed by atoms with Crippen LogP contribution in [0.3, 0.4) is 0 Å². The van der Waals surface area contributed by atoms with Gasteiger partial charge in [-0.1, -0.05) is 32.0 Å². The van der Waals surface area contributed by atoms with Gasteiger partial charge in [-0.25, -0.2) is 0 Å². The number of nitrogens with zero attached hydrogens (tertiary/aromatic N) is 2. The molecule has 1 aromatic heterocycles. The minimum atomic E-state index is -0.0819. The Morgan fingerprint density at radius 3 is 2.30 bits per heavy atom. The van der Waals surface area contributed by atoms with E-state index in [0.717, 1.165) is 11.3 Å². The van der Waals surface area contributed by atoms with Crippen LogP contribution in [-0.4, -0.2) is 16.1 Å². The van der Waals surface area contributed by atoms with Gasteiger partial charge in [0.25, 0.3) is 0 Å². The van der Waals surface area contributed by atoms with Crippen molar-refractivity contribution >= 4 is 23.2 Å². The molecule has 1 amide bonds. The second-order valence-corrected chi connectivity index (χ2v) is 4.89. The highest BCUT2D eigenvalue weighted by molar-refractivity contribution is 5.91. The number of amides is 1. The molecule has 0 aliphatic rings.